The maximum Gasteiger partial charge on any atom is 0.324 e. The highest BCUT2D eigenvalue weighted by Crippen LogP contribution is 2.14. The molecule has 0 aliphatic heterocycles. The lowest BCUT2D eigenvalue weighted by Crippen LogP contribution is -2.09. The molecule has 1 atom stereocenters. The van der Waals surface area contributed by atoms with Crippen LogP contribution >= 0.6 is 8.60 Å². The Balaban J connectivity index is 0. The van der Waals surface area contributed by atoms with Crippen LogP contribution in [0.4, 0.5) is 0 Å². The highest BCUT2D eigenvalue weighted by molar-refractivity contribution is 7.38. The van der Waals surface area contributed by atoms with E-state index in [1.807, 2.05) is 0 Å². The van der Waals surface area contributed by atoms with Crippen molar-refractivity contribution in [1.29, 1.82) is 0 Å². The van der Waals surface area contributed by atoms with Crippen LogP contribution in [0.2, 0.25) is 0 Å². The summed E-state index contributed by atoms with van der Waals surface area (Å²) in [4.78, 5) is 36.6. The quantitative estimate of drug-likeness (QED) is 0.233. The van der Waals surface area contributed by atoms with Gasteiger partial charge in [0.15, 0.2) is 5.34 Å². The molecule has 7 heteroatoms. The van der Waals surface area contributed by atoms with E-state index in [9.17, 15) is 4.91 Å². The van der Waals surface area contributed by atoms with Gasteiger partial charge in [-0.05, 0) is 25.7 Å². The number of nitrogens with zero attached hydrogens (tertiary/aromatic N) is 1. The van der Waals surface area contributed by atoms with E-state index in [0.717, 1.165) is 25.7 Å². The van der Waals surface area contributed by atoms with E-state index in [1.54, 1.807) is 0 Å². The summed E-state index contributed by atoms with van der Waals surface area (Å²) >= 11 is 0. The molecule has 19 heavy (non-hydrogen) atoms. The van der Waals surface area contributed by atoms with Gasteiger partial charge in [0.05, 0.1) is 0 Å². The second kappa shape index (κ2) is 17.7. The van der Waals surface area contributed by atoms with Gasteiger partial charge in [0.2, 0.25) is 0 Å². The molecule has 0 aromatic rings. The van der Waals surface area contributed by atoms with E-state index >= 15 is 0 Å². The third-order valence-corrected chi connectivity index (χ3v) is 2.70. The van der Waals surface area contributed by atoms with E-state index in [0.29, 0.717) is 0 Å². The van der Waals surface area contributed by atoms with Gasteiger partial charge in [0.1, 0.15) is 6.10 Å². The Kier molecular flexibility index (Phi) is 19.6. The first-order valence-electron chi connectivity index (χ1n) is 6.93. The monoisotopic (exact) mass is 297 g/mol. The maximum atomic E-state index is 10.1. The van der Waals surface area contributed by atoms with Gasteiger partial charge in [-0.25, -0.2) is 0 Å². The van der Waals surface area contributed by atoms with Crippen molar-refractivity contribution in [2.75, 3.05) is 0 Å². The van der Waals surface area contributed by atoms with Gasteiger partial charge in [-0.1, -0.05) is 46.0 Å². The highest BCUT2D eigenvalue weighted by atomic mass is 31.2. The standard InChI is InChI=1S/C12H25NO2.H3O3P/c1-3-5-7-9-11-12(15-13-14)10-8-6-4-2;1-4(2)3/h12H,3-11H2,1-2H3;1-3H. The maximum absolute atomic E-state index is 10.1. The van der Waals surface area contributed by atoms with E-state index in [-0.39, 0.29) is 6.10 Å². The molecule has 3 N–H and O–H groups in total. The number of unbranched alkanes of at least 4 members (excludes halogenated alkanes) is 5. The van der Waals surface area contributed by atoms with Gasteiger partial charge < -0.3 is 19.5 Å². The molecule has 0 spiro atoms. The summed E-state index contributed by atoms with van der Waals surface area (Å²) in [5, 5.41) is 2.56. The molecular formula is C12H28NO5P. The van der Waals surface area contributed by atoms with Crippen molar-refractivity contribution in [3.63, 3.8) is 0 Å². The molecule has 0 aromatic carbocycles. The average molecular weight is 297 g/mol. The average Bonchev–Trinajstić information content (AvgIpc) is 2.34. The molecule has 0 bridgehead atoms. The predicted molar refractivity (Wildman–Crippen MR) is 77.1 cm³/mol. The summed E-state index contributed by atoms with van der Waals surface area (Å²) in [5.41, 5.74) is 0. The zero-order valence-electron chi connectivity index (χ0n) is 12.0. The number of hydrogen-bond donors (Lipinski definition) is 3. The van der Waals surface area contributed by atoms with Crippen LogP contribution in [0.1, 0.15) is 71.6 Å². The molecule has 0 aliphatic rings. The first-order chi connectivity index (χ1) is 9.08. The Morgan fingerprint density at radius 3 is 1.79 bits per heavy atom. The molecule has 116 valence electrons. The van der Waals surface area contributed by atoms with Crippen molar-refractivity contribution in [1.82, 2.24) is 0 Å². The van der Waals surface area contributed by atoms with E-state index in [2.05, 4.69) is 19.2 Å². The fourth-order valence-corrected chi connectivity index (χ4v) is 1.73. The van der Waals surface area contributed by atoms with Gasteiger partial charge >= 0.3 is 8.60 Å². The summed E-state index contributed by atoms with van der Waals surface area (Å²) < 4.78 is 0. The third kappa shape index (κ3) is 23.3. The SMILES string of the molecule is CCCCCCC(CCCCC)ON=O.OP(O)O. The summed E-state index contributed by atoms with van der Waals surface area (Å²) in [6.07, 6.45) is 10.5. The third-order valence-electron chi connectivity index (χ3n) is 2.70. The van der Waals surface area contributed by atoms with Gasteiger partial charge in [-0.2, -0.15) is 0 Å². The molecule has 0 rings (SSSR count). The second-order valence-corrected chi connectivity index (χ2v) is 4.95. The fraction of sp³-hybridized carbons (Fsp3) is 1.00. The summed E-state index contributed by atoms with van der Waals surface area (Å²) in [7, 11) is -2.62. The Hall–Kier alpha value is -0.290. The molecule has 0 aromatic heterocycles. The smallest absolute Gasteiger partial charge is 0.324 e. The van der Waals surface area contributed by atoms with Crippen molar-refractivity contribution in [3.8, 4) is 0 Å². The Morgan fingerprint density at radius 1 is 0.947 bits per heavy atom. The minimum absolute atomic E-state index is 0.0610. The van der Waals surface area contributed by atoms with Crippen LogP contribution in [-0.4, -0.2) is 20.8 Å². The lowest BCUT2D eigenvalue weighted by atomic mass is 10.0. The van der Waals surface area contributed by atoms with Crippen LogP contribution < -0.4 is 0 Å². The summed E-state index contributed by atoms with van der Waals surface area (Å²) in [6, 6.07) is 0. The van der Waals surface area contributed by atoms with E-state index in [4.69, 9.17) is 19.5 Å². The van der Waals surface area contributed by atoms with Crippen LogP contribution in [0, 0.1) is 4.91 Å². The van der Waals surface area contributed by atoms with Crippen molar-refractivity contribution in [2.24, 2.45) is 5.34 Å². The van der Waals surface area contributed by atoms with Crippen LogP contribution in [0.15, 0.2) is 5.34 Å². The Labute approximate surface area is 117 Å². The summed E-state index contributed by atoms with van der Waals surface area (Å²) in [5.74, 6) is 0. The fourth-order valence-electron chi connectivity index (χ4n) is 1.73. The largest absolute Gasteiger partial charge is 0.361 e. The first-order valence-corrected chi connectivity index (χ1v) is 8.13. The summed E-state index contributed by atoms with van der Waals surface area (Å²) in [6.45, 7) is 4.37. The molecule has 0 aliphatic carbocycles. The molecule has 0 heterocycles. The van der Waals surface area contributed by atoms with Crippen LogP contribution in [-0.2, 0) is 4.84 Å². The van der Waals surface area contributed by atoms with Gasteiger partial charge in [-0.15, -0.1) is 4.91 Å². The minimum Gasteiger partial charge on any atom is -0.361 e. The van der Waals surface area contributed by atoms with Gasteiger partial charge in [-0.3, -0.25) is 0 Å². The molecule has 0 saturated heterocycles. The molecule has 0 amide bonds. The van der Waals surface area contributed by atoms with Crippen molar-refractivity contribution in [2.45, 2.75) is 77.7 Å². The van der Waals surface area contributed by atoms with E-state index in [1.165, 1.54) is 32.1 Å². The molecule has 0 fully saturated rings. The Morgan fingerprint density at radius 2 is 1.37 bits per heavy atom. The molecule has 6 nitrogen and oxygen atoms in total. The lowest BCUT2D eigenvalue weighted by Gasteiger charge is -2.12. The zero-order valence-corrected chi connectivity index (χ0v) is 12.9. The second-order valence-electron chi connectivity index (χ2n) is 4.42. The molecule has 0 radical (unpaired) electrons. The molecule has 0 saturated carbocycles. The van der Waals surface area contributed by atoms with Crippen molar-refractivity contribution < 1.29 is 19.5 Å². The van der Waals surface area contributed by atoms with Gasteiger partial charge in [0.25, 0.3) is 0 Å². The molecule has 1 unspecified atom stereocenters. The van der Waals surface area contributed by atoms with Crippen molar-refractivity contribution in [3.05, 3.63) is 4.91 Å². The normalized spacial score (nSPS) is 11.7. The van der Waals surface area contributed by atoms with Crippen LogP contribution in [0.5, 0.6) is 0 Å². The van der Waals surface area contributed by atoms with Crippen LogP contribution in [0.25, 0.3) is 0 Å². The van der Waals surface area contributed by atoms with Gasteiger partial charge in [0, 0.05) is 0 Å². The van der Waals surface area contributed by atoms with E-state index < -0.39 is 8.60 Å². The Bertz CT molecular complexity index is 181. The zero-order chi connectivity index (χ0) is 14.9. The lowest BCUT2D eigenvalue weighted by molar-refractivity contribution is 0.0397. The highest BCUT2D eigenvalue weighted by Gasteiger charge is 2.09. The minimum atomic E-state index is -2.62. The molecular weight excluding hydrogens is 269 g/mol. The predicted octanol–water partition coefficient (Wildman–Crippen LogP) is 3.79. The van der Waals surface area contributed by atoms with Crippen molar-refractivity contribution >= 4 is 8.60 Å². The number of rotatable bonds is 11. The number of hydrogen-bond acceptors (Lipinski definition) is 6. The first kappa shape index (κ1) is 21.0. The van der Waals surface area contributed by atoms with Crippen LogP contribution in [0.3, 0.4) is 0 Å². The topological polar surface area (TPSA) is 99.4 Å².